The van der Waals surface area contributed by atoms with Crippen molar-refractivity contribution in [2.24, 2.45) is 7.05 Å². The molecule has 28 heavy (non-hydrogen) atoms. The Labute approximate surface area is 155 Å². The Bertz CT molecular complexity index is 1080. The first-order chi connectivity index (χ1) is 12.8. The van der Waals surface area contributed by atoms with E-state index in [4.69, 9.17) is 0 Å². The number of pyridine rings is 1. The normalized spacial score (nSPS) is 18.5. The summed E-state index contributed by atoms with van der Waals surface area (Å²) in [5.41, 5.74) is -1.10. The smallest absolute Gasteiger partial charge is 0.315 e. The summed E-state index contributed by atoms with van der Waals surface area (Å²) in [6, 6.07) is 0.762. The summed E-state index contributed by atoms with van der Waals surface area (Å²) in [7, 11) is -3.28. The molecule has 0 spiro atoms. The molecule has 1 unspecified atom stereocenters. The first-order valence-corrected chi connectivity index (χ1v) is 9.50. The van der Waals surface area contributed by atoms with Crippen LogP contribution in [0.1, 0.15) is 23.7 Å². The highest BCUT2D eigenvalue weighted by molar-refractivity contribution is 7.95. The van der Waals surface area contributed by atoms with Gasteiger partial charge in [0.25, 0.3) is 0 Å². The third kappa shape index (κ3) is 3.91. The second-order valence-corrected chi connectivity index (χ2v) is 8.24. The summed E-state index contributed by atoms with van der Waals surface area (Å²) in [6.07, 6.45) is -5.00. The number of sulfone groups is 1. The van der Waals surface area contributed by atoms with E-state index in [0.717, 1.165) is 12.1 Å². The van der Waals surface area contributed by atoms with Crippen LogP contribution in [0.3, 0.4) is 0 Å². The van der Waals surface area contributed by atoms with Crippen LogP contribution in [0.5, 0.6) is 0 Å². The van der Waals surface area contributed by atoms with Crippen LogP contribution in [0.15, 0.2) is 35.4 Å². The predicted octanol–water partition coefficient (Wildman–Crippen LogP) is 3.89. The van der Waals surface area contributed by atoms with Gasteiger partial charge in [-0.3, -0.25) is 0 Å². The maximum atomic E-state index is 12.9. The fraction of sp³-hybridized carbons (Fsp3) is 0.375. The molecule has 5 nitrogen and oxygen atoms in total. The lowest BCUT2D eigenvalue weighted by Gasteiger charge is -2.21. The monoisotopic (exact) mass is 425 g/mol. The van der Waals surface area contributed by atoms with Crippen molar-refractivity contribution in [3.8, 4) is 0 Å². The molecule has 0 bridgehead atoms. The van der Waals surface area contributed by atoms with E-state index in [9.17, 15) is 34.8 Å². The van der Waals surface area contributed by atoms with Gasteiger partial charge in [0.2, 0.25) is 0 Å². The zero-order chi connectivity index (χ0) is 20.9. The van der Waals surface area contributed by atoms with Crippen molar-refractivity contribution in [3.63, 3.8) is 0 Å². The lowest BCUT2D eigenvalue weighted by molar-refractivity contribution is -0.137. The summed E-state index contributed by atoms with van der Waals surface area (Å²) in [6.45, 7) is 0. The average Bonchev–Trinajstić information content (AvgIpc) is 2.88. The van der Waals surface area contributed by atoms with E-state index in [-0.39, 0.29) is 23.4 Å². The summed E-state index contributed by atoms with van der Waals surface area (Å²) < 4.78 is 102. The van der Waals surface area contributed by atoms with Crippen LogP contribution >= 0.6 is 0 Å². The summed E-state index contributed by atoms with van der Waals surface area (Å²) >= 11 is 0. The van der Waals surface area contributed by atoms with Gasteiger partial charge in [0.15, 0.2) is 21.2 Å². The molecule has 12 heteroatoms. The van der Waals surface area contributed by atoms with Crippen LogP contribution in [0, 0.1) is 0 Å². The minimum absolute atomic E-state index is 0.0168. The Morgan fingerprint density at radius 3 is 2.50 bits per heavy atom. The van der Waals surface area contributed by atoms with E-state index >= 15 is 0 Å². The lowest BCUT2D eigenvalue weighted by Crippen LogP contribution is -2.27. The maximum Gasteiger partial charge on any atom is 0.417 e. The number of halogens is 6. The molecular weight excluding hydrogens is 412 g/mol. The van der Waals surface area contributed by atoms with Gasteiger partial charge in [-0.25, -0.2) is 18.4 Å². The van der Waals surface area contributed by atoms with Gasteiger partial charge in [-0.1, -0.05) is 12.2 Å². The van der Waals surface area contributed by atoms with Gasteiger partial charge in [-0.05, 0) is 18.6 Å². The Morgan fingerprint density at radius 1 is 1.21 bits per heavy atom. The van der Waals surface area contributed by atoms with E-state index in [1.165, 1.54) is 17.7 Å². The van der Waals surface area contributed by atoms with Crippen molar-refractivity contribution in [1.82, 2.24) is 14.5 Å². The highest BCUT2D eigenvalue weighted by Crippen LogP contribution is 2.38. The molecule has 2 aromatic heterocycles. The Morgan fingerprint density at radius 2 is 1.89 bits per heavy atom. The second-order valence-electron chi connectivity index (χ2n) is 6.25. The molecule has 0 aliphatic heterocycles. The molecule has 1 aliphatic rings. The first-order valence-electron chi connectivity index (χ1n) is 7.85. The van der Waals surface area contributed by atoms with Crippen molar-refractivity contribution >= 4 is 21.0 Å². The number of hydrogen-bond acceptors (Lipinski definition) is 4. The molecule has 2 heterocycles. The fourth-order valence-corrected chi connectivity index (χ4v) is 4.54. The molecule has 2 aromatic rings. The third-order valence-electron chi connectivity index (χ3n) is 4.21. The van der Waals surface area contributed by atoms with E-state index in [0.29, 0.717) is 6.20 Å². The minimum atomic E-state index is -4.93. The number of nitrogens with zero attached hydrogens (tertiary/aromatic N) is 3. The number of fused-ring (bicyclic) bond motifs is 1. The van der Waals surface area contributed by atoms with Gasteiger partial charge in [0.05, 0.1) is 16.4 Å². The molecule has 0 saturated heterocycles. The quantitative estimate of drug-likeness (QED) is 0.700. The standard InChI is InChI=1S/C16H13F6N3O2S/c1-25-13(24-11-6-9(16(20,21)22)7-23-14(11)25)10-4-2-3-5-12(10)28(26,27)8-15(17,18)19/h2-3,5-7,10H,4,8H2,1H3. The summed E-state index contributed by atoms with van der Waals surface area (Å²) in [5.74, 6) is -3.08. The van der Waals surface area contributed by atoms with Gasteiger partial charge in [-0.2, -0.15) is 26.3 Å². The molecule has 152 valence electrons. The number of rotatable bonds is 3. The number of aryl methyl sites for hydroxylation is 1. The van der Waals surface area contributed by atoms with Crippen LogP contribution in [0.4, 0.5) is 26.3 Å². The number of imidazole rings is 1. The van der Waals surface area contributed by atoms with E-state index in [2.05, 4.69) is 9.97 Å². The molecule has 0 radical (unpaired) electrons. The number of allylic oxidation sites excluding steroid dienone is 4. The zero-order valence-electron chi connectivity index (χ0n) is 14.2. The molecule has 0 fully saturated rings. The molecule has 1 atom stereocenters. The topological polar surface area (TPSA) is 64.8 Å². The average molecular weight is 425 g/mol. The lowest BCUT2D eigenvalue weighted by atomic mass is 9.99. The molecule has 3 rings (SSSR count). The van der Waals surface area contributed by atoms with Crippen molar-refractivity contribution in [1.29, 1.82) is 0 Å². The van der Waals surface area contributed by atoms with Gasteiger partial charge in [0.1, 0.15) is 11.3 Å². The van der Waals surface area contributed by atoms with Crippen molar-refractivity contribution in [2.75, 3.05) is 5.75 Å². The van der Waals surface area contributed by atoms with Crippen LogP contribution in [0.2, 0.25) is 0 Å². The van der Waals surface area contributed by atoms with Gasteiger partial charge in [0, 0.05) is 13.2 Å². The first kappa shape index (κ1) is 20.4. The van der Waals surface area contributed by atoms with Gasteiger partial charge in [-0.15, -0.1) is 0 Å². The highest BCUT2D eigenvalue weighted by Gasteiger charge is 2.40. The fourth-order valence-electron chi connectivity index (χ4n) is 3.02. The Kier molecular flexibility index (Phi) is 4.80. The van der Waals surface area contributed by atoms with Crippen LogP contribution in [-0.2, 0) is 23.1 Å². The van der Waals surface area contributed by atoms with E-state index in [1.807, 2.05) is 0 Å². The van der Waals surface area contributed by atoms with Crippen LogP contribution in [-0.4, -0.2) is 34.9 Å². The molecule has 0 amide bonds. The summed E-state index contributed by atoms with van der Waals surface area (Å²) in [4.78, 5) is 7.29. The van der Waals surface area contributed by atoms with Gasteiger partial charge < -0.3 is 4.57 Å². The zero-order valence-corrected chi connectivity index (χ0v) is 15.0. The number of alkyl halides is 6. The maximum absolute atomic E-state index is 12.9. The van der Waals surface area contributed by atoms with Crippen LogP contribution in [0.25, 0.3) is 11.2 Å². The van der Waals surface area contributed by atoms with Crippen molar-refractivity contribution < 1.29 is 34.8 Å². The van der Waals surface area contributed by atoms with Crippen LogP contribution < -0.4 is 0 Å². The molecule has 0 aromatic carbocycles. The number of hydrogen-bond donors (Lipinski definition) is 0. The molecule has 0 saturated carbocycles. The SMILES string of the molecule is Cn1c(C2CC=CC=C2S(=O)(=O)CC(F)(F)F)nc2cc(C(F)(F)F)cnc21. The van der Waals surface area contributed by atoms with Crippen molar-refractivity contribution in [2.45, 2.75) is 24.7 Å². The Hall–Kier alpha value is -2.37. The molecule has 0 N–H and O–H groups in total. The second kappa shape index (κ2) is 6.61. The number of aromatic nitrogens is 3. The van der Waals surface area contributed by atoms with Crippen molar-refractivity contribution in [3.05, 3.63) is 46.8 Å². The van der Waals surface area contributed by atoms with E-state index in [1.54, 1.807) is 6.08 Å². The largest absolute Gasteiger partial charge is 0.417 e. The van der Waals surface area contributed by atoms with E-state index < -0.39 is 44.3 Å². The third-order valence-corrected chi connectivity index (χ3v) is 6.05. The summed E-state index contributed by atoms with van der Waals surface area (Å²) in [5, 5.41) is 0. The molecule has 1 aliphatic carbocycles. The molecular formula is C16H13F6N3O2S. The van der Waals surface area contributed by atoms with Gasteiger partial charge >= 0.3 is 12.4 Å². The minimum Gasteiger partial charge on any atom is -0.315 e. The Balaban J connectivity index is 2.09. The highest BCUT2D eigenvalue weighted by atomic mass is 32.2. The predicted molar refractivity (Wildman–Crippen MR) is 87.9 cm³/mol.